The Balaban J connectivity index is 1.29. The van der Waals surface area contributed by atoms with Gasteiger partial charge in [-0.3, -0.25) is 0 Å². The monoisotopic (exact) mass is 593 g/mol. The molecule has 8 aromatic rings. The number of fused-ring (bicyclic) bond motifs is 5. The predicted octanol–water partition coefficient (Wildman–Crippen LogP) is 12.5. The molecule has 1 atom stereocenters. The first-order valence-corrected chi connectivity index (χ1v) is 16.6. The molecule has 1 aromatic heterocycles. The number of nitrogens with zero attached hydrogens (tertiary/aromatic N) is 1. The molecule has 224 valence electrons. The van der Waals surface area contributed by atoms with Crippen LogP contribution < -0.4 is 0 Å². The van der Waals surface area contributed by atoms with Gasteiger partial charge in [-0.2, -0.15) is 0 Å². The zero-order chi connectivity index (χ0) is 31.4. The molecule has 0 aliphatic carbocycles. The van der Waals surface area contributed by atoms with Gasteiger partial charge in [0.25, 0.3) is 0 Å². The fourth-order valence-corrected chi connectivity index (χ4v) is 7.37. The maximum absolute atomic E-state index is 2.38. The van der Waals surface area contributed by atoms with Gasteiger partial charge in [0.1, 0.15) is 0 Å². The van der Waals surface area contributed by atoms with Crippen LogP contribution in [0.15, 0.2) is 140 Å². The topological polar surface area (TPSA) is 4.93 Å². The Morgan fingerprint density at radius 2 is 0.935 bits per heavy atom. The lowest BCUT2D eigenvalue weighted by molar-refractivity contribution is 0.417. The van der Waals surface area contributed by atoms with Crippen molar-refractivity contribution in [3.63, 3.8) is 0 Å². The van der Waals surface area contributed by atoms with Crippen molar-refractivity contribution in [2.75, 3.05) is 0 Å². The molecule has 1 heterocycles. The molecular formula is C45H39N. The summed E-state index contributed by atoms with van der Waals surface area (Å²) >= 11 is 0. The first-order valence-electron chi connectivity index (χ1n) is 16.6. The number of hydrogen-bond acceptors (Lipinski definition) is 0. The Labute approximate surface area is 271 Å². The van der Waals surface area contributed by atoms with Crippen molar-refractivity contribution in [1.82, 2.24) is 4.57 Å². The zero-order valence-electron chi connectivity index (χ0n) is 27.1. The largest absolute Gasteiger partial charge is 0.344 e. The maximum atomic E-state index is 2.38. The van der Waals surface area contributed by atoms with Crippen LogP contribution in [0.1, 0.15) is 26.3 Å². The van der Waals surface area contributed by atoms with Crippen molar-refractivity contribution < 1.29 is 0 Å². The quantitative estimate of drug-likeness (QED) is 0.169. The van der Waals surface area contributed by atoms with E-state index in [0.717, 1.165) is 6.42 Å². The highest BCUT2D eigenvalue weighted by atomic mass is 14.9. The number of hydrogen-bond donors (Lipinski definition) is 0. The summed E-state index contributed by atoms with van der Waals surface area (Å²) < 4.78 is 2.30. The molecule has 1 nitrogen and oxygen atoms in total. The molecule has 0 saturated heterocycles. The van der Waals surface area contributed by atoms with Gasteiger partial charge in [-0.25, -0.2) is 0 Å². The fraction of sp³-hybridized carbons (Fsp3) is 0.156. The Kier molecular flexibility index (Phi) is 6.99. The van der Waals surface area contributed by atoms with Crippen molar-refractivity contribution in [1.29, 1.82) is 0 Å². The Morgan fingerprint density at radius 1 is 0.435 bits per heavy atom. The minimum Gasteiger partial charge on any atom is -0.344 e. The Morgan fingerprint density at radius 3 is 1.57 bits per heavy atom. The van der Waals surface area contributed by atoms with E-state index in [1.165, 1.54) is 82.3 Å². The van der Waals surface area contributed by atoms with Crippen LogP contribution in [0.5, 0.6) is 0 Å². The van der Waals surface area contributed by atoms with Gasteiger partial charge in [0, 0.05) is 28.9 Å². The average molecular weight is 594 g/mol. The third-order valence-electron chi connectivity index (χ3n) is 10.3. The van der Waals surface area contributed by atoms with Crippen LogP contribution in [0, 0.1) is 11.8 Å². The third kappa shape index (κ3) is 4.70. The predicted molar refractivity (Wildman–Crippen MR) is 199 cm³/mol. The second-order valence-electron chi connectivity index (χ2n) is 13.4. The second kappa shape index (κ2) is 11.3. The van der Waals surface area contributed by atoms with E-state index in [4.69, 9.17) is 0 Å². The van der Waals surface area contributed by atoms with Crippen molar-refractivity contribution >= 4 is 43.4 Å². The van der Waals surface area contributed by atoms with Crippen LogP contribution in [0.2, 0.25) is 0 Å². The van der Waals surface area contributed by atoms with Crippen LogP contribution in [-0.4, -0.2) is 4.57 Å². The van der Waals surface area contributed by atoms with Gasteiger partial charge in [-0.05, 0) is 103 Å². The van der Waals surface area contributed by atoms with Gasteiger partial charge in [0.05, 0.1) is 0 Å². The highest BCUT2D eigenvalue weighted by Crippen LogP contribution is 2.44. The summed E-state index contributed by atoms with van der Waals surface area (Å²) in [6, 6.07) is 52.0. The molecule has 0 saturated carbocycles. The van der Waals surface area contributed by atoms with Gasteiger partial charge in [-0.1, -0.05) is 136 Å². The molecule has 1 heteroatoms. The van der Waals surface area contributed by atoms with Crippen LogP contribution in [0.25, 0.3) is 76.7 Å². The summed E-state index contributed by atoms with van der Waals surface area (Å²) in [6.07, 6.45) is 1.11. The van der Waals surface area contributed by atoms with Gasteiger partial charge in [0.15, 0.2) is 0 Å². The molecule has 0 aliphatic rings. The van der Waals surface area contributed by atoms with Crippen LogP contribution in [0.4, 0.5) is 0 Å². The molecule has 8 rings (SSSR count). The summed E-state index contributed by atoms with van der Waals surface area (Å²) in [6.45, 7) is 6.99. The number of benzene rings is 7. The standard InChI is InChI=1S/C45H39N/c1-29(2)30(3)26-31-20-22-32(23-21-31)44-37-15-5-7-17-39(37)45(40-18-8-6-16-38(40)44)35-13-11-12-33(27-35)34-24-25-43-41(28-34)36-14-9-10-19-42(36)46(43)4/h5-25,27-30H,26H2,1-4H3/t30-/m0/s1. The molecule has 0 fully saturated rings. The SMILES string of the molecule is CC(C)[C@@H](C)Cc1ccc(-c2c3ccccc3c(-c3cccc(-c4ccc5c(c4)c4ccccc4n5C)c3)c3ccccc23)cc1. The van der Waals surface area contributed by atoms with Crippen LogP contribution >= 0.6 is 0 Å². The first-order chi connectivity index (χ1) is 22.5. The fourth-order valence-electron chi connectivity index (χ4n) is 7.37. The van der Waals surface area contributed by atoms with Gasteiger partial charge < -0.3 is 4.57 Å². The van der Waals surface area contributed by atoms with E-state index in [9.17, 15) is 0 Å². The Bertz CT molecular complexity index is 2330. The summed E-state index contributed by atoms with van der Waals surface area (Å²) in [5.74, 6) is 1.34. The molecule has 46 heavy (non-hydrogen) atoms. The molecule has 0 spiro atoms. The van der Waals surface area contributed by atoms with Crippen molar-refractivity contribution in [3.05, 3.63) is 145 Å². The number of aromatic nitrogens is 1. The van der Waals surface area contributed by atoms with Gasteiger partial charge >= 0.3 is 0 Å². The average Bonchev–Trinajstić information content (AvgIpc) is 3.38. The first kappa shape index (κ1) is 28.3. The molecule has 0 unspecified atom stereocenters. The molecule has 0 bridgehead atoms. The molecule has 7 aromatic carbocycles. The van der Waals surface area contributed by atoms with Crippen LogP contribution in [-0.2, 0) is 13.5 Å². The summed E-state index contributed by atoms with van der Waals surface area (Å²) in [7, 11) is 2.16. The maximum Gasteiger partial charge on any atom is 0.0489 e. The molecule has 0 N–H and O–H groups in total. The van der Waals surface area contributed by atoms with E-state index in [1.54, 1.807) is 0 Å². The summed E-state index contributed by atoms with van der Waals surface area (Å²) in [5.41, 5.74) is 11.5. The third-order valence-corrected chi connectivity index (χ3v) is 10.3. The lowest BCUT2D eigenvalue weighted by Gasteiger charge is -2.19. The smallest absolute Gasteiger partial charge is 0.0489 e. The van der Waals surface area contributed by atoms with Crippen molar-refractivity contribution in [3.8, 4) is 33.4 Å². The lowest BCUT2D eigenvalue weighted by atomic mass is 9.85. The second-order valence-corrected chi connectivity index (χ2v) is 13.4. The van der Waals surface area contributed by atoms with Gasteiger partial charge in [-0.15, -0.1) is 0 Å². The van der Waals surface area contributed by atoms with E-state index in [2.05, 4.69) is 172 Å². The van der Waals surface area contributed by atoms with E-state index in [0.29, 0.717) is 11.8 Å². The van der Waals surface area contributed by atoms with Crippen molar-refractivity contribution in [2.45, 2.75) is 27.2 Å². The number of para-hydroxylation sites is 1. The van der Waals surface area contributed by atoms with E-state index in [1.807, 2.05) is 0 Å². The van der Waals surface area contributed by atoms with Gasteiger partial charge in [0.2, 0.25) is 0 Å². The highest BCUT2D eigenvalue weighted by Gasteiger charge is 2.18. The van der Waals surface area contributed by atoms with E-state index < -0.39 is 0 Å². The number of aryl methyl sites for hydroxylation is 1. The van der Waals surface area contributed by atoms with Crippen LogP contribution in [0.3, 0.4) is 0 Å². The summed E-state index contributed by atoms with van der Waals surface area (Å²) in [4.78, 5) is 0. The normalized spacial score (nSPS) is 12.5. The van der Waals surface area contributed by atoms with E-state index >= 15 is 0 Å². The minimum atomic E-state index is 0.663. The number of rotatable bonds is 6. The molecule has 0 amide bonds. The molecular weight excluding hydrogens is 555 g/mol. The summed E-state index contributed by atoms with van der Waals surface area (Å²) in [5, 5.41) is 7.76. The lowest BCUT2D eigenvalue weighted by Crippen LogP contribution is -2.07. The molecule has 0 aliphatic heterocycles. The minimum absolute atomic E-state index is 0.663. The zero-order valence-corrected chi connectivity index (χ0v) is 27.1. The van der Waals surface area contributed by atoms with E-state index in [-0.39, 0.29) is 0 Å². The highest BCUT2D eigenvalue weighted by molar-refractivity contribution is 6.21. The molecule has 0 radical (unpaired) electrons. The van der Waals surface area contributed by atoms with Crippen molar-refractivity contribution in [2.24, 2.45) is 18.9 Å². The Hall–Kier alpha value is -5.14.